The molecule has 2 unspecified atom stereocenters. The van der Waals surface area contributed by atoms with Crippen LogP contribution in [0.25, 0.3) is 0 Å². The number of alkyl halides is 1. The van der Waals surface area contributed by atoms with Crippen molar-refractivity contribution in [2.45, 2.75) is 71.0 Å². The number of unbranched alkanes of at least 4 members (excludes halogenated alkanes) is 1. The Hall–Kier alpha value is -0.0900. The van der Waals surface area contributed by atoms with E-state index in [1.54, 1.807) is 0 Å². The van der Waals surface area contributed by atoms with E-state index >= 15 is 0 Å². The van der Waals surface area contributed by atoms with Crippen LogP contribution in [-0.2, 0) is 9.53 Å². The molecule has 1 aliphatic carbocycles. The molecular formula is C17H30BrNO2. The lowest BCUT2D eigenvalue weighted by Crippen LogP contribution is -2.51. The summed E-state index contributed by atoms with van der Waals surface area (Å²) < 4.78 is 5.82. The monoisotopic (exact) mass is 359 g/mol. The molecule has 0 bridgehead atoms. The van der Waals surface area contributed by atoms with Gasteiger partial charge < -0.3 is 9.64 Å². The maximum atomic E-state index is 12.7. The topological polar surface area (TPSA) is 29.5 Å². The van der Waals surface area contributed by atoms with Crippen LogP contribution in [0, 0.1) is 11.8 Å². The van der Waals surface area contributed by atoms with Gasteiger partial charge in [-0.3, -0.25) is 4.79 Å². The number of carbonyl (C=O) groups excluding carboxylic acids is 1. The Morgan fingerprint density at radius 3 is 2.57 bits per heavy atom. The van der Waals surface area contributed by atoms with Gasteiger partial charge in [-0.1, -0.05) is 42.1 Å². The lowest BCUT2D eigenvalue weighted by Gasteiger charge is -2.39. The van der Waals surface area contributed by atoms with Crippen LogP contribution in [0.15, 0.2) is 0 Å². The van der Waals surface area contributed by atoms with Crippen LogP contribution >= 0.6 is 15.9 Å². The van der Waals surface area contributed by atoms with Gasteiger partial charge in [0.1, 0.15) is 0 Å². The molecule has 2 atom stereocenters. The zero-order valence-electron chi connectivity index (χ0n) is 13.5. The fourth-order valence-electron chi connectivity index (χ4n) is 3.76. The molecule has 1 aliphatic heterocycles. The van der Waals surface area contributed by atoms with Crippen molar-refractivity contribution in [2.24, 2.45) is 11.8 Å². The van der Waals surface area contributed by atoms with Crippen molar-refractivity contribution in [3.05, 3.63) is 0 Å². The Morgan fingerprint density at radius 1 is 1.24 bits per heavy atom. The highest BCUT2D eigenvalue weighted by Crippen LogP contribution is 2.33. The normalized spacial score (nSPS) is 34.0. The lowest BCUT2D eigenvalue weighted by molar-refractivity contribution is -0.148. The number of morpholine rings is 1. The van der Waals surface area contributed by atoms with Gasteiger partial charge in [-0.15, -0.1) is 0 Å². The summed E-state index contributed by atoms with van der Waals surface area (Å²) in [7, 11) is 0. The van der Waals surface area contributed by atoms with E-state index in [0.717, 1.165) is 37.2 Å². The van der Waals surface area contributed by atoms with Crippen LogP contribution in [0.5, 0.6) is 0 Å². The van der Waals surface area contributed by atoms with Gasteiger partial charge in [0, 0.05) is 24.3 Å². The highest BCUT2D eigenvalue weighted by molar-refractivity contribution is 9.09. The maximum absolute atomic E-state index is 12.7. The second-order valence-corrected chi connectivity index (χ2v) is 7.47. The number of carbonyl (C=O) groups is 1. The van der Waals surface area contributed by atoms with Gasteiger partial charge >= 0.3 is 0 Å². The molecule has 0 N–H and O–H groups in total. The minimum absolute atomic E-state index is 0.151. The van der Waals surface area contributed by atoms with Crippen molar-refractivity contribution in [2.75, 3.05) is 18.4 Å². The smallest absolute Gasteiger partial charge is 0.225 e. The molecule has 3 nitrogen and oxygen atoms in total. The molecular weight excluding hydrogens is 330 g/mol. The van der Waals surface area contributed by atoms with Crippen molar-refractivity contribution in [3.8, 4) is 0 Å². The van der Waals surface area contributed by atoms with Gasteiger partial charge in [0.15, 0.2) is 0 Å². The molecule has 1 saturated heterocycles. The van der Waals surface area contributed by atoms with E-state index in [1.165, 1.54) is 32.1 Å². The predicted octanol–water partition coefficient (Wildman–Crippen LogP) is 3.99. The van der Waals surface area contributed by atoms with Crippen molar-refractivity contribution >= 4 is 21.8 Å². The molecule has 0 aromatic heterocycles. The van der Waals surface area contributed by atoms with E-state index in [2.05, 4.69) is 34.7 Å². The summed E-state index contributed by atoms with van der Waals surface area (Å²) in [6.07, 6.45) is 8.99. The predicted molar refractivity (Wildman–Crippen MR) is 89.7 cm³/mol. The highest BCUT2D eigenvalue weighted by Gasteiger charge is 2.33. The molecule has 2 rings (SSSR count). The molecule has 1 heterocycles. The summed E-state index contributed by atoms with van der Waals surface area (Å²) in [4.78, 5) is 14.8. The molecule has 0 spiro atoms. The van der Waals surface area contributed by atoms with Crippen LogP contribution in [-0.4, -0.2) is 41.4 Å². The van der Waals surface area contributed by atoms with E-state index in [9.17, 15) is 4.79 Å². The lowest BCUT2D eigenvalue weighted by atomic mass is 9.79. The van der Waals surface area contributed by atoms with Gasteiger partial charge in [0.2, 0.25) is 5.91 Å². The molecule has 2 aliphatic rings. The molecule has 21 heavy (non-hydrogen) atoms. The van der Waals surface area contributed by atoms with Crippen molar-refractivity contribution in [3.63, 3.8) is 0 Å². The van der Waals surface area contributed by atoms with Gasteiger partial charge in [0.25, 0.3) is 0 Å². The van der Waals surface area contributed by atoms with Crippen LogP contribution in [0.2, 0.25) is 0 Å². The first kappa shape index (κ1) is 17.3. The molecule has 0 radical (unpaired) electrons. The average molecular weight is 360 g/mol. The standard InChI is InChI=1S/C17H30BrNO2/c1-3-4-5-14-6-8-15(9-7-14)17(20)19-11-13(2)21-16(10-18)12-19/h13-16H,3-12H2,1-2H3. The molecule has 0 aromatic carbocycles. The van der Waals surface area contributed by atoms with Crippen LogP contribution in [0.3, 0.4) is 0 Å². The van der Waals surface area contributed by atoms with Crippen molar-refractivity contribution in [1.82, 2.24) is 4.90 Å². The summed E-state index contributed by atoms with van der Waals surface area (Å²) in [5, 5.41) is 0.810. The van der Waals surface area contributed by atoms with Gasteiger partial charge in [-0.25, -0.2) is 0 Å². The summed E-state index contributed by atoms with van der Waals surface area (Å²) in [5.41, 5.74) is 0. The zero-order chi connectivity index (χ0) is 15.2. The first-order chi connectivity index (χ1) is 10.1. The maximum Gasteiger partial charge on any atom is 0.225 e. The summed E-state index contributed by atoms with van der Waals surface area (Å²) in [6, 6.07) is 0. The number of hydrogen-bond donors (Lipinski definition) is 0. The number of ether oxygens (including phenoxy) is 1. The van der Waals surface area contributed by atoms with Crippen LogP contribution in [0.1, 0.15) is 58.8 Å². The first-order valence-electron chi connectivity index (χ1n) is 8.64. The second-order valence-electron chi connectivity index (χ2n) is 6.83. The van der Waals surface area contributed by atoms with Gasteiger partial charge in [-0.05, 0) is 38.5 Å². The third-order valence-electron chi connectivity index (χ3n) is 4.97. The van der Waals surface area contributed by atoms with E-state index in [4.69, 9.17) is 4.74 Å². The summed E-state index contributed by atoms with van der Waals surface area (Å²) >= 11 is 3.48. The Bertz CT molecular complexity index is 329. The minimum atomic E-state index is 0.151. The van der Waals surface area contributed by atoms with Gasteiger partial charge in [0.05, 0.1) is 12.2 Å². The van der Waals surface area contributed by atoms with E-state index in [1.807, 2.05) is 0 Å². The second kappa shape index (κ2) is 8.52. The number of nitrogens with zero attached hydrogens (tertiary/aromatic N) is 1. The van der Waals surface area contributed by atoms with Crippen molar-refractivity contribution < 1.29 is 9.53 Å². The molecule has 1 saturated carbocycles. The molecule has 4 heteroatoms. The molecule has 0 aromatic rings. The van der Waals surface area contributed by atoms with Gasteiger partial charge in [-0.2, -0.15) is 0 Å². The Morgan fingerprint density at radius 2 is 1.95 bits per heavy atom. The van der Waals surface area contributed by atoms with Crippen LogP contribution < -0.4 is 0 Å². The first-order valence-corrected chi connectivity index (χ1v) is 9.76. The average Bonchev–Trinajstić information content (AvgIpc) is 2.52. The SMILES string of the molecule is CCCCC1CCC(C(=O)N2CC(C)OC(CBr)C2)CC1. The zero-order valence-corrected chi connectivity index (χ0v) is 15.1. The number of hydrogen-bond acceptors (Lipinski definition) is 2. The number of rotatable bonds is 5. The Kier molecular flexibility index (Phi) is 7.00. The fraction of sp³-hybridized carbons (Fsp3) is 0.941. The number of halogens is 1. The number of amides is 1. The molecule has 1 amide bonds. The Balaban J connectivity index is 1.81. The van der Waals surface area contributed by atoms with E-state index in [0.29, 0.717) is 5.91 Å². The third-order valence-corrected chi connectivity index (χ3v) is 5.69. The quantitative estimate of drug-likeness (QED) is 0.694. The largest absolute Gasteiger partial charge is 0.371 e. The van der Waals surface area contributed by atoms with E-state index in [-0.39, 0.29) is 18.1 Å². The fourth-order valence-corrected chi connectivity index (χ4v) is 4.12. The van der Waals surface area contributed by atoms with Crippen molar-refractivity contribution in [1.29, 1.82) is 0 Å². The Labute approximate surface area is 137 Å². The minimum Gasteiger partial charge on any atom is -0.371 e. The third kappa shape index (κ3) is 4.95. The molecule has 2 fully saturated rings. The molecule has 122 valence electrons. The summed E-state index contributed by atoms with van der Waals surface area (Å²) in [5.74, 6) is 1.52. The van der Waals surface area contributed by atoms with E-state index < -0.39 is 0 Å². The highest BCUT2D eigenvalue weighted by atomic mass is 79.9. The summed E-state index contributed by atoms with van der Waals surface area (Å²) in [6.45, 7) is 5.84. The van der Waals surface area contributed by atoms with Crippen LogP contribution in [0.4, 0.5) is 0 Å².